The zero-order chi connectivity index (χ0) is 16.2. The van der Waals surface area contributed by atoms with Gasteiger partial charge in [-0.3, -0.25) is 9.59 Å². The van der Waals surface area contributed by atoms with Gasteiger partial charge in [-0.2, -0.15) is 5.10 Å². The van der Waals surface area contributed by atoms with Crippen molar-refractivity contribution in [2.75, 3.05) is 13.7 Å². The van der Waals surface area contributed by atoms with Crippen LogP contribution in [-0.2, 0) is 17.7 Å². The molecule has 23 heavy (non-hydrogen) atoms. The van der Waals surface area contributed by atoms with Crippen LogP contribution in [0.2, 0.25) is 0 Å². The highest BCUT2D eigenvalue weighted by molar-refractivity contribution is 5.92. The molecule has 0 radical (unpaired) electrons. The van der Waals surface area contributed by atoms with E-state index in [2.05, 4.69) is 16.5 Å². The molecule has 3 rings (SSSR count). The summed E-state index contributed by atoms with van der Waals surface area (Å²) >= 11 is 0. The molecule has 0 bridgehead atoms. The molecule has 1 aromatic carbocycles. The Bertz CT molecular complexity index is 770. The third-order valence-corrected chi connectivity index (χ3v) is 4.04. The first-order valence-electron chi connectivity index (χ1n) is 7.65. The predicted molar refractivity (Wildman–Crippen MR) is 85.3 cm³/mol. The summed E-state index contributed by atoms with van der Waals surface area (Å²) in [6.07, 6.45) is 1.84. The second-order valence-electron chi connectivity index (χ2n) is 5.54. The molecule has 1 aliphatic carbocycles. The summed E-state index contributed by atoms with van der Waals surface area (Å²) in [7, 11) is 1.55. The number of hydrogen-bond acceptors (Lipinski definition) is 4. The minimum absolute atomic E-state index is 0.000136. The minimum atomic E-state index is -0.266. The molecule has 1 aromatic heterocycles. The SMILES string of the molecule is COCCn1nc(C(=O)N[C@H]2CCc3ccccc32)ccc1=O. The Hall–Kier alpha value is -2.47. The largest absolute Gasteiger partial charge is 0.383 e. The van der Waals surface area contributed by atoms with Crippen LogP contribution in [0.25, 0.3) is 0 Å². The lowest BCUT2D eigenvalue weighted by molar-refractivity contribution is 0.0928. The van der Waals surface area contributed by atoms with Crippen molar-refractivity contribution < 1.29 is 9.53 Å². The Kier molecular flexibility index (Phi) is 4.52. The fourth-order valence-corrected chi connectivity index (χ4v) is 2.85. The molecule has 0 saturated heterocycles. The first kappa shape index (κ1) is 15.4. The number of hydrogen-bond donors (Lipinski definition) is 1. The number of carbonyl (C=O) groups is 1. The quantitative estimate of drug-likeness (QED) is 0.903. The zero-order valence-corrected chi connectivity index (χ0v) is 13.0. The van der Waals surface area contributed by atoms with E-state index in [0.717, 1.165) is 18.4 Å². The summed E-state index contributed by atoms with van der Waals surface area (Å²) in [5.41, 5.74) is 2.43. The van der Waals surface area contributed by atoms with Crippen LogP contribution in [0.1, 0.15) is 34.1 Å². The molecule has 1 heterocycles. The molecule has 6 nitrogen and oxygen atoms in total. The van der Waals surface area contributed by atoms with Crippen molar-refractivity contribution in [1.29, 1.82) is 0 Å². The Balaban J connectivity index is 1.75. The number of rotatable bonds is 5. The van der Waals surface area contributed by atoms with E-state index in [0.29, 0.717) is 13.2 Å². The topological polar surface area (TPSA) is 73.2 Å². The normalized spacial score (nSPS) is 16.1. The molecule has 2 aromatic rings. The van der Waals surface area contributed by atoms with E-state index in [1.54, 1.807) is 7.11 Å². The fourth-order valence-electron chi connectivity index (χ4n) is 2.85. The third-order valence-electron chi connectivity index (χ3n) is 4.04. The fraction of sp³-hybridized carbons (Fsp3) is 0.353. The van der Waals surface area contributed by atoms with Crippen molar-refractivity contribution in [1.82, 2.24) is 15.1 Å². The number of carbonyl (C=O) groups excluding carboxylic acids is 1. The van der Waals surface area contributed by atoms with E-state index >= 15 is 0 Å². The Labute approximate surface area is 134 Å². The van der Waals surface area contributed by atoms with Gasteiger partial charge < -0.3 is 10.1 Å². The first-order valence-corrected chi connectivity index (χ1v) is 7.65. The average molecular weight is 313 g/mol. The Morgan fingerprint density at radius 3 is 3.00 bits per heavy atom. The van der Waals surface area contributed by atoms with Gasteiger partial charge in [-0.25, -0.2) is 4.68 Å². The van der Waals surface area contributed by atoms with Crippen LogP contribution >= 0.6 is 0 Å². The average Bonchev–Trinajstić information content (AvgIpc) is 2.97. The van der Waals surface area contributed by atoms with Gasteiger partial charge in [0, 0.05) is 13.2 Å². The maximum Gasteiger partial charge on any atom is 0.272 e. The molecule has 1 aliphatic rings. The van der Waals surface area contributed by atoms with Crippen molar-refractivity contribution in [2.45, 2.75) is 25.4 Å². The molecular formula is C17H19N3O3. The monoisotopic (exact) mass is 313 g/mol. The summed E-state index contributed by atoms with van der Waals surface area (Å²) in [5.74, 6) is -0.266. The second-order valence-corrected chi connectivity index (χ2v) is 5.54. The van der Waals surface area contributed by atoms with E-state index in [9.17, 15) is 9.59 Å². The number of benzene rings is 1. The lowest BCUT2D eigenvalue weighted by atomic mass is 10.1. The molecule has 1 atom stereocenters. The third kappa shape index (κ3) is 3.32. The number of nitrogens with zero attached hydrogens (tertiary/aromatic N) is 2. The van der Waals surface area contributed by atoms with Crippen molar-refractivity contribution in [3.05, 3.63) is 63.6 Å². The maximum atomic E-state index is 12.4. The van der Waals surface area contributed by atoms with E-state index in [1.165, 1.54) is 22.4 Å². The highest BCUT2D eigenvalue weighted by Gasteiger charge is 2.24. The van der Waals surface area contributed by atoms with Crippen molar-refractivity contribution in [2.24, 2.45) is 0 Å². The first-order chi connectivity index (χ1) is 11.2. The number of methoxy groups -OCH3 is 1. The van der Waals surface area contributed by atoms with Gasteiger partial charge in [-0.05, 0) is 30.0 Å². The summed E-state index contributed by atoms with van der Waals surface area (Å²) in [6, 6.07) is 10.9. The van der Waals surface area contributed by atoms with E-state index in [4.69, 9.17) is 4.74 Å². The van der Waals surface area contributed by atoms with Crippen molar-refractivity contribution in [3.8, 4) is 0 Å². The van der Waals surface area contributed by atoms with Crippen LogP contribution < -0.4 is 10.9 Å². The standard InChI is InChI=1S/C17H19N3O3/c1-23-11-10-20-16(21)9-8-15(19-20)17(22)18-14-7-6-12-4-2-3-5-13(12)14/h2-5,8-9,14H,6-7,10-11H2,1H3,(H,18,22)/t14-/m0/s1. The highest BCUT2D eigenvalue weighted by Crippen LogP contribution is 2.30. The zero-order valence-electron chi connectivity index (χ0n) is 13.0. The number of ether oxygens (including phenoxy) is 1. The van der Waals surface area contributed by atoms with Crippen LogP contribution in [0.3, 0.4) is 0 Å². The molecule has 0 saturated carbocycles. The minimum Gasteiger partial charge on any atom is -0.383 e. The summed E-state index contributed by atoms with van der Waals surface area (Å²) < 4.78 is 6.20. The van der Waals surface area contributed by atoms with Crippen LogP contribution in [0.15, 0.2) is 41.2 Å². The molecule has 0 spiro atoms. The number of fused-ring (bicyclic) bond motifs is 1. The molecule has 0 fully saturated rings. The molecule has 0 aliphatic heterocycles. The van der Waals surface area contributed by atoms with Crippen LogP contribution in [0, 0.1) is 0 Å². The summed E-state index contributed by atoms with van der Waals surface area (Å²) in [6.45, 7) is 0.691. The van der Waals surface area contributed by atoms with E-state index in [-0.39, 0.29) is 23.2 Å². The van der Waals surface area contributed by atoms with Gasteiger partial charge in [0.15, 0.2) is 0 Å². The molecule has 6 heteroatoms. The van der Waals surface area contributed by atoms with Crippen LogP contribution in [0.4, 0.5) is 0 Å². The predicted octanol–water partition coefficient (Wildman–Crippen LogP) is 1.31. The second kappa shape index (κ2) is 6.75. The van der Waals surface area contributed by atoms with E-state index in [1.807, 2.05) is 18.2 Å². The van der Waals surface area contributed by atoms with Gasteiger partial charge >= 0.3 is 0 Å². The number of aryl methyl sites for hydroxylation is 1. The Morgan fingerprint density at radius 2 is 2.17 bits per heavy atom. The van der Waals surface area contributed by atoms with E-state index < -0.39 is 0 Å². The highest BCUT2D eigenvalue weighted by atomic mass is 16.5. The number of amides is 1. The molecule has 0 unspecified atom stereocenters. The molecule has 1 amide bonds. The molecule has 1 N–H and O–H groups in total. The molecule has 120 valence electrons. The lowest BCUT2D eigenvalue weighted by Gasteiger charge is -2.14. The van der Waals surface area contributed by atoms with Crippen LogP contribution in [-0.4, -0.2) is 29.4 Å². The van der Waals surface area contributed by atoms with Gasteiger partial charge in [0.25, 0.3) is 11.5 Å². The lowest BCUT2D eigenvalue weighted by Crippen LogP contribution is -2.32. The molecular weight excluding hydrogens is 294 g/mol. The van der Waals surface area contributed by atoms with Gasteiger partial charge in [0.1, 0.15) is 5.69 Å². The summed E-state index contributed by atoms with van der Waals surface area (Å²) in [4.78, 5) is 24.1. The van der Waals surface area contributed by atoms with Crippen molar-refractivity contribution >= 4 is 5.91 Å². The van der Waals surface area contributed by atoms with Gasteiger partial charge in [0.05, 0.1) is 19.2 Å². The number of nitrogens with one attached hydrogen (secondary N) is 1. The van der Waals surface area contributed by atoms with Gasteiger partial charge in [-0.15, -0.1) is 0 Å². The van der Waals surface area contributed by atoms with Crippen LogP contribution in [0.5, 0.6) is 0 Å². The van der Waals surface area contributed by atoms with Crippen molar-refractivity contribution in [3.63, 3.8) is 0 Å². The van der Waals surface area contributed by atoms with Gasteiger partial charge in [-0.1, -0.05) is 24.3 Å². The summed E-state index contributed by atoms with van der Waals surface area (Å²) in [5, 5.41) is 7.13. The number of aromatic nitrogens is 2. The Morgan fingerprint density at radius 1 is 1.35 bits per heavy atom. The maximum absolute atomic E-state index is 12.4. The van der Waals surface area contributed by atoms with Gasteiger partial charge in [0.2, 0.25) is 0 Å². The smallest absolute Gasteiger partial charge is 0.272 e.